The maximum Gasteiger partial charge on any atom is 0.237 e. The first-order valence-corrected chi connectivity index (χ1v) is 5.23. The summed E-state index contributed by atoms with van der Waals surface area (Å²) in [7, 11) is 1.63. The highest BCUT2D eigenvalue weighted by Crippen LogP contribution is 2.27. The topological polar surface area (TPSA) is 45.6 Å². The van der Waals surface area contributed by atoms with E-state index in [9.17, 15) is 5.11 Å². The summed E-state index contributed by atoms with van der Waals surface area (Å²) >= 11 is 0. The fraction of sp³-hybridized carbons (Fsp3) is 0.545. The molecule has 4 nitrogen and oxygen atoms in total. The number of methoxy groups -OCH3 is 1. The van der Waals surface area contributed by atoms with Crippen LogP contribution in [-0.2, 0) is 0 Å². The molecule has 0 aliphatic carbocycles. The monoisotopic (exact) mass is 208 g/mol. The summed E-state index contributed by atoms with van der Waals surface area (Å²) in [4.78, 5) is 6.37. The van der Waals surface area contributed by atoms with Gasteiger partial charge in [-0.2, -0.15) is 0 Å². The van der Waals surface area contributed by atoms with E-state index < -0.39 is 0 Å². The molecule has 1 aliphatic heterocycles. The van der Waals surface area contributed by atoms with Crippen molar-refractivity contribution in [3.05, 3.63) is 18.3 Å². The Hall–Kier alpha value is -1.29. The van der Waals surface area contributed by atoms with Gasteiger partial charge in [-0.3, -0.25) is 0 Å². The average Bonchev–Trinajstić information content (AvgIpc) is 2.30. The number of aromatic nitrogens is 1. The van der Waals surface area contributed by atoms with E-state index in [1.807, 2.05) is 12.1 Å². The van der Waals surface area contributed by atoms with Gasteiger partial charge in [-0.15, -0.1) is 0 Å². The minimum Gasteiger partial charge on any atom is -0.480 e. The zero-order chi connectivity index (χ0) is 10.7. The molecule has 0 saturated carbocycles. The molecule has 0 unspecified atom stereocenters. The number of anilines is 1. The van der Waals surface area contributed by atoms with Crippen LogP contribution in [0.4, 0.5) is 5.69 Å². The predicted octanol–water partition coefficient (Wildman–Crippen LogP) is 1.05. The summed E-state index contributed by atoms with van der Waals surface area (Å²) in [6.45, 7) is 1.73. The molecule has 15 heavy (non-hydrogen) atoms. The summed E-state index contributed by atoms with van der Waals surface area (Å²) < 4.78 is 5.21. The number of hydrogen-bond acceptors (Lipinski definition) is 4. The Balaban J connectivity index is 2.15. The van der Waals surface area contributed by atoms with E-state index in [1.165, 1.54) is 0 Å². The SMILES string of the molecule is COc1ncccc1N1CCC(O)CC1. The van der Waals surface area contributed by atoms with Gasteiger partial charge < -0.3 is 14.7 Å². The second-order valence-electron chi connectivity index (χ2n) is 3.75. The molecule has 4 heteroatoms. The molecule has 0 spiro atoms. The maximum absolute atomic E-state index is 9.43. The molecular formula is C11H16N2O2. The van der Waals surface area contributed by atoms with E-state index in [4.69, 9.17) is 4.74 Å². The maximum atomic E-state index is 9.43. The van der Waals surface area contributed by atoms with Crippen molar-refractivity contribution in [3.8, 4) is 5.88 Å². The summed E-state index contributed by atoms with van der Waals surface area (Å²) in [6.07, 6.45) is 3.21. The van der Waals surface area contributed by atoms with Gasteiger partial charge in [-0.05, 0) is 25.0 Å². The second kappa shape index (κ2) is 4.49. The number of piperidine rings is 1. The van der Waals surface area contributed by atoms with Crippen molar-refractivity contribution in [1.29, 1.82) is 0 Å². The van der Waals surface area contributed by atoms with Crippen molar-refractivity contribution in [3.63, 3.8) is 0 Å². The molecule has 2 heterocycles. The molecule has 1 aromatic rings. The molecule has 1 N–H and O–H groups in total. The summed E-state index contributed by atoms with van der Waals surface area (Å²) in [5.74, 6) is 0.661. The smallest absolute Gasteiger partial charge is 0.237 e. The molecule has 0 atom stereocenters. The van der Waals surface area contributed by atoms with E-state index in [2.05, 4.69) is 9.88 Å². The van der Waals surface area contributed by atoms with E-state index in [1.54, 1.807) is 13.3 Å². The van der Waals surface area contributed by atoms with Crippen molar-refractivity contribution in [2.24, 2.45) is 0 Å². The van der Waals surface area contributed by atoms with Crippen LogP contribution in [0.1, 0.15) is 12.8 Å². The standard InChI is InChI=1S/C11H16N2O2/c1-15-11-10(3-2-6-12-11)13-7-4-9(14)5-8-13/h2-3,6,9,14H,4-5,7-8H2,1H3. The van der Waals surface area contributed by atoms with Crippen LogP contribution in [0.3, 0.4) is 0 Å². The molecule has 1 fully saturated rings. The molecule has 82 valence electrons. The second-order valence-corrected chi connectivity index (χ2v) is 3.75. The lowest BCUT2D eigenvalue weighted by atomic mass is 10.1. The zero-order valence-corrected chi connectivity index (χ0v) is 8.89. The third-order valence-electron chi connectivity index (χ3n) is 2.75. The summed E-state index contributed by atoms with van der Waals surface area (Å²) in [5.41, 5.74) is 1.02. The summed E-state index contributed by atoms with van der Waals surface area (Å²) in [6, 6.07) is 3.91. The van der Waals surface area contributed by atoms with Crippen LogP contribution < -0.4 is 9.64 Å². The van der Waals surface area contributed by atoms with Crippen LogP contribution in [0.25, 0.3) is 0 Å². The van der Waals surface area contributed by atoms with Crippen molar-refractivity contribution in [2.75, 3.05) is 25.1 Å². The zero-order valence-electron chi connectivity index (χ0n) is 8.89. The minimum absolute atomic E-state index is 0.149. The van der Waals surface area contributed by atoms with Gasteiger partial charge >= 0.3 is 0 Å². The minimum atomic E-state index is -0.149. The Kier molecular flexibility index (Phi) is 3.06. The molecular weight excluding hydrogens is 192 g/mol. The van der Waals surface area contributed by atoms with Gasteiger partial charge in [0.15, 0.2) is 0 Å². The first kappa shape index (κ1) is 10.2. The lowest BCUT2D eigenvalue weighted by Crippen LogP contribution is -2.36. The van der Waals surface area contributed by atoms with Crippen LogP contribution in [0.5, 0.6) is 5.88 Å². The van der Waals surface area contributed by atoms with Crippen LogP contribution in [-0.4, -0.2) is 36.4 Å². The number of aliphatic hydroxyl groups excluding tert-OH is 1. The van der Waals surface area contributed by atoms with Gasteiger partial charge in [0, 0.05) is 19.3 Å². The van der Waals surface area contributed by atoms with Crippen LogP contribution >= 0.6 is 0 Å². The molecule has 0 radical (unpaired) electrons. The highest BCUT2D eigenvalue weighted by atomic mass is 16.5. The lowest BCUT2D eigenvalue weighted by Gasteiger charge is -2.31. The van der Waals surface area contributed by atoms with Crippen LogP contribution in [0.15, 0.2) is 18.3 Å². The molecule has 1 saturated heterocycles. The Morgan fingerprint density at radius 3 is 2.87 bits per heavy atom. The highest BCUT2D eigenvalue weighted by Gasteiger charge is 2.19. The van der Waals surface area contributed by atoms with E-state index in [0.29, 0.717) is 5.88 Å². The third-order valence-corrected chi connectivity index (χ3v) is 2.75. The third kappa shape index (κ3) is 2.21. The Bertz CT molecular complexity index is 322. The molecule has 1 aromatic heterocycles. The van der Waals surface area contributed by atoms with Gasteiger partial charge in [0.1, 0.15) is 0 Å². The van der Waals surface area contributed by atoms with Gasteiger partial charge in [0.05, 0.1) is 18.9 Å². The molecule has 0 bridgehead atoms. The van der Waals surface area contributed by atoms with Gasteiger partial charge in [0.25, 0.3) is 0 Å². The Morgan fingerprint density at radius 2 is 2.20 bits per heavy atom. The Labute approximate surface area is 89.5 Å². The van der Waals surface area contributed by atoms with Gasteiger partial charge in [-0.1, -0.05) is 0 Å². The van der Waals surface area contributed by atoms with E-state index >= 15 is 0 Å². The number of ether oxygens (including phenoxy) is 1. The number of nitrogens with zero attached hydrogens (tertiary/aromatic N) is 2. The number of hydrogen-bond donors (Lipinski definition) is 1. The highest BCUT2D eigenvalue weighted by molar-refractivity contribution is 5.54. The fourth-order valence-electron chi connectivity index (χ4n) is 1.89. The fourth-order valence-corrected chi connectivity index (χ4v) is 1.89. The molecule has 1 aliphatic rings. The van der Waals surface area contributed by atoms with Crippen molar-refractivity contribution in [1.82, 2.24) is 4.98 Å². The average molecular weight is 208 g/mol. The summed E-state index contributed by atoms with van der Waals surface area (Å²) in [5, 5.41) is 9.43. The molecule has 0 aromatic carbocycles. The van der Waals surface area contributed by atoms with Crippen LogP contribution in [0, 0.1) is 0 Å². The number of rotatable bonds is 2. The quantitative estimate of drug-likeness (QED) is 0.789. The van der Waals surface area contributed by atoms with Gasteiger partial charge in [0.2, 0.25) is 5.88 Å². The number of pyridine rings is 1. The largest absolute Gasteiger partial charge is 0.480 e. The first-order valence-electron chi connectivity index (χ1n) is 5.23. The normalized spacial score (nSPS) is 17.9. The van der Waals surface area contributed by atoms with Crippen LogP contribution in [0.2, 0.25) is 0 Å². The Morgan fingerprint density at radius 1 is 1.47 bits per heavy atom. The van der Waals surface area contributed by atoms with E-state index in [0.717, 1.165) is 31.6 Å². The first-order chi connectivity index (χ1) is 7.31. The van der Waals surface area contributed by atoms with Crippen molar-refractivity contribution < 1.29 is 9.84 Å². The van der Waals surface area contributed by atoms with Crippen molar-refractivity contribution in [2.45, 2.75) is 18.9 Å². The predicted molar refractivity (Wildman–Crippen MR) is 58.2 cm³/mol. The van der Waals surface area contributed by atoms with Gasteiger partial charge in [-0.25, -0.2) is 4.98 Å². The molecule has 0 amide bonds. The van der Waals surface area contributed by atoms with Crippen molar-refractivity contribution >= 4 is 5.69 Å². The lowest BCUT2D eigenvalue weighted by molar-refractivity contribution is 0.145. The van der Waals surface area contributed by atoms with E-state index in [-0.39, 0.29) is 6.10 Å². The number of aliphatic hydroxyl groups is 1. The molecule has 2 rings (SSSR count).